The van der Waals surface area contributed by atoms with Crippen LogP contribution in [-0.2, 0) is 4.79 Å². The summed E-state index contributed by atoms with van der Waals surface area (Å²) in [5, 5.41) is 19.8. The predicted octanol–water partition coefficient (Wildman–Crippen LogP) is 1.01. The molecule has 0 saturated carbocycles. The maximum absolute atomic E-state index is 11.7. The first-order valence-electron chi connectivity index (χ1n) is 4.94. The number of carboxylic acids is 1. The molecule has 1 aromatic carbocycles. The van der Waals surface area contributed by atoms with Crippen LogP contribution < -0.4 is 5.32 Å². The predicted molar refractivity (Wildman–Crippen MR) is 64.7 cm³/mol. The lowest BCUT2D eigenvalue weighted by Gasteiger charge is -2.13. The Labute approximate surface area is 107 Å². The van der Waals surface area contributed by atoms with Crippen molar-refractivity contribution in [2.75, 3.05) is 6.61 Å². The van der Waals surface area contributed by atoms with E-state index in [-0.39, 0.29) is 13.0 Å². The molecule has 0 unspecified atom stereocenters. The lowest BCUT2D eigenvalue weighted by atomic mass is 10.1. The summed E-state index contributed by atoms with van der Waals surface area (Å²) in [4.78, 5) is 22.5. The van der Waals surface area contributed by atoms with E-state index in [1.807, 2.05) is 0 Å². The number of carbonyl (C=O) groups is 2. The van der Waals surface area contributed by atoms with Gasteiger partial charge in [-0.05, 0) is 24.3 Å². The van der Waals surface area contributed by atoms with Crippen LogP contribution in [0.2, 0.25) is 0 Å². The molecule has 0 heterocycles. The van der Waals surface area contributed by atoms with Gasteiger partial charge in [-0.1, -0.05) is 15.9 Å². The van der Waals surface area contributed by atoms with Crippen molar-refractivity contribution < 1.29 is 19.8 Å². The van der Waals surface area contributed by atoms with E-state index < -0.39 is 17.9 Å². The monoisotopic (exact) mass is 301 g/mol. The van der Waals surface area contributed by atoms with E-state index in [0.29, 0.717) is 5.56 Å². The van der Waals surface area contributed by atoms with Crippen molar-refractivity contribution in [1.29, 1.82) is 0 Å². The summed E-state index contributed by atoms with van der Waals surface area (Å²) in [5.41, 5.74) is 0.373. The van der Waals surface area contributed by atoms with E-state index in [9.17, 15) is 9.59 Å². The van der Waals surface area contributed by atoms with Gasteiger partial charge in [0.25, 0.3) is 5.91 Å². The number of halogens is 1. The van der Waals surface area contributed by atoms with Gasteiger partial charge in [-0.2, -0.15) is 0 Å². The standard InChI is InChI=1S/C11H12BrNO4/c12-8-3-1-7(2-4-8)10(15)13-9(5-6-14)11(16)17/h1-4,9,14H,5-6H2,(H,13,15)(H,16,17)/t9-/m1/s1. The number of aliphatic carboxylic acids is 1. The molecule has 3 N–H and O–H groups in total. The van der Waals surface area contributed by atoms with Crippen LogP contribution in [0.5, 0.6) is 0 Å². The van der Waals surface area contributed by atoms with Gasteiger partial charge in [0.15, 0.2) is 0 Å². The molecule has 6 heteroatoms. The Morgan fingerprint density at radius 3 is 2.35 bits per heavy atom. The van der Waals surface area contributed by atoms with Crippen molar-refractivity contribution in [2.45, 2.75) is 12.5 Å². The van der Waals surface area contributed by atoms with E-state index in [2.05, 4.69) is 21.2 Å². The molecule has 0 fully saturated rings. The molecule has 1 atom stereocenters. The van der Waals surface area contributed by atoms with Gasteiger partial charge in [0.2, 0.25) is 0 Å². The third-order valence-corrected chi connectivity index (χ3v) is 2.66. The highest BCUT2D eigenvalue weighted by molar-refractivity contribution is 9.10. The second kappa shape index (κ2) is 6.36. The highest BCUT2D eigenvalue weighted by Crippen LogP contribution is 2.10. The normalized spacial score (nSPS) is 11.9. The van der Waals surface area contributed by atoms with Gasteiger partial charge in [0.05, 0.1) is 0 Å². The van der Waals surface area contributed by atoms with Gasteiger partial charge in [0, 0.05) is 23.1 Å². The molecule has 1 rings (SSSR count). The summed E-state index contributed by atoms with van der Waals surface area (Å²) in [5.74, 6) is -1.64. The topological polar surface area (TPSA) is 86.6 Å². The second-order valence-corrected chi connectivity index (χ2v) is 4.30. The zero-order valence-corrected chi connectivity index (χ0v) is 10.5. The molecular formula is C11H12BrNO4. The summed E-state index contributed by atoms with van der Waals surface area (Å²) in [6, 6.07) is 5.47. The van der Waals surface area contributed by atoms with Crippen LogP contribution in [0.1, 0.15) is 16.8 Å². The SMILES string of the molecule is O=C(N[C@H](CCO)C(=O)O)c1ccc(Br)cc1. The average molecular weight is 302 g/mol. The first-order valence-corrected chi connectivity index (χ1v) is 5.74. The quantitative estimate of drug-likeness (QED) is 0.758. The Morgan fingerprint density at radius 1 is 1.29 bits per heavy atom. The van der Waals surface area contributed by atoms with E-state index in [1.165, 1.54) is 0 Å². The van der Waals surface area contributed by atoms with Gasteiger partial charge in [0.1, 0.15) is 6.04 Å². The number of aliphatic hydroxyl groups excluding tert-OH is 1. The third kappa shape index (κ3) is 4.16. The van der Waals surface area contributed by atoms with E-state index in [4.69, 9.17) is 10.2 Å². The van der Waals surface area contributed by atoms with Crippen LogP contribution in [0.3, 0.4) is 0 Å². The number of nitrogens with one attached hydrogen (secondary N) is 1. The third-order valence-electron chi connectivity index (χ3n) is 2.13. The van der Waals surface area contributed by atoms with Gasteiger partial charge in [-0.25, -0.2) is 4.79 Å². The fraction of sp³-hybridized carbons (Fsp3) is 0.273. The molecule has 0 aliphatic rings. The second-order valence-electron chi connectivity index (χ2n) is 3.38. The Hall–Kier alpha value is -1.40. The first-order chi connectivity index (χ1) is 8.04. The van der Waals surface area contributed by atoms with Crippen molar-refractivity contribution in [3.63, 3.8) is 0 Å². The number of hydrogen-bond donors (Lipinski definition) is 3. The summed E-state index contributed by atoms with van der Waals surface area (Å²) in [6.45, 7) is -0.294. The maximum Gasteiger partial charge on any atom is 0.326 e. The first kappa shape index (κ1) is 13.7. The van der Waals surface area contributed by atoms with Gasteiger partial charge >= 0.3 is 5.97 Å². The zero-order chi connectivity index (χ0) is 12.8. The van der Waals surface area contributed by atoms with Crippen LogP contribution >= 0.6 is 15.9 Å². The minimum Gasteiger partial charge on any atom is -0.480 e. The van der Waals surface area contributed by atoms with Crippen LogP contribution in [0.4, 0.5) is 0 Å². The molecule has 0 aliphatic heterocycles. The molecule has 0 aromatic heterocycles. The lowest BCUT2D eigenvalue weighted by Crippen LogP contribution is -2.41. The molecule has 1 amide bonds. The minimum absolute atomic E-state index is 0.0163. The molecule has 1 aromatic rings. The number of amides is 1. The molecule has 0 radical (unpaired) electrons. The Kier molecular flexibility index (Phi) is 5.11. The number of rotatable bonds is 5. The molecule has 0 spiro atoms. The molecule has 0 bridgehead atoms. The van der Waals surface area contributed by atoms with Gasteiger partial charge in [-0.15, -0.1) is 0 Å². The fourth-order valence-electron chi connectivity index (χ4n) is 1.23. The highest BCUT2D eigenvalue weighted by atomic mass is 79.9. The van der Waals surface area contributed by atoms with Crippen LogP contribution in [0.15, 0.2) is 28.7 Å². The van der Waals surface area contributed by atoms with Gasteiger partial charge in [-0.3, -0.25) is 4.79 Å². The zero-order valence-electron chi connectivity index (χ0n) is 8.89. The Morgan fingerprint density at radius 2 is 1.88 bits per heavy atom. The smallest absolute Gasteiger partial charge is 0.326 e. The lowest BCUT2D eigenvalue weighted by molar-refractivity contribution is -0.139. The molecule has 5 nitrogen and oxygen atoms in total. The highest BCUT2D eigenvalue weighted by Gasteiger charge is 2.19. The molecule has 92 valence electrons. The Balaban J connectivity index is 2.70. The average Bonchev–Trinajstić information content (AvgIpc) is 2.29. The van der Waals surface area contributed by atoms with E-state index in [0.717, 1.165) is 4.47 Å². The van der Waals surface area contributed by atoms with Crippen molar-refractivity contribution in [1.82, 2.24) is 5.32 Å². The number of benzene rings is 1. The largest absolute Gasteiger partial charge is 0.480 e. The minimum atomic E-state index is -1.16. The van der Waals surface area contributed by atoms with Crippen LogP contribution in [0, 0.1) is 0 Å². The van der Waals surface area contributed by atoms with Crippen molar-refractivity contribution in [3.8, 4) is 0 Å². The van der Waals surface area contributed by atoms with E-state index in [1.54, 1.807) is 24.3 Å². The molecule has 17 heavy (non-hydrogen) atoms. The summed E-state index contributed by atoms with van der Waals surface area (Å²) in [7, 11) is 0. The summed E-state index contributed by atoms with van der Waals surface area (Å²) in [6.07, 6.45) is -0.0163. The van der Waals surface area contributed by atoms with Crippen LogP contribution in [0.25, 0.3) is 0 Å². The number of hydrogen-bond acceptors (Lipinski definition) is 3. The molecule has 0 saturated heterocycles. The number of carbonyl (C=O) groups excluding carboxylic acids is 1. The number of carboxylic acid groups (broad SMARTS) is 1. The summed E-state index contributed by atoms with van der Waals surface area (Å²) < 4.78 is 0.833. The van der Waals surface area contributed by atoms with Gasteiger partial charge < -0.3 is 15.5 Å². The number of aliphatic hydroxyl groups is 1. The van der Waals surface area contributed by atoms with Crippen molar-refractivity contribution in [3.05, 3.63) is 34.3 Å². The molecular weight excluding hydrogens is 290 g/mol. The van der Waals surface area contributed by atoms with Crippen LogP contribution in [-0.4, -0.2) is 34.7 Å². The molecule has 0 aliphatic carbocycles. The van der Waals surface area contributed by atoms with Crippen molar-refractivity contribution >= 4 is 27.8 Å². The van der Waals surface area contributed by atoms with E-state index >= 15 is 0 Å². The maximum atomic E-state index is 11.7. The van der Waals surface area contributed by atoms with Crippen molar-refractivity contribution in [2.24, 2.45) is 0 Å². The summed E-state index contributed by atoms with van der Waals surface area (Å²) >= 11 is 3.23. The fourth-order valence-corrected chi connectivity index (χ4v) is 1.49. The Bertz CT molecular complexity index is 404.